The van der Waals surface area contributed by atoms with Crippen LogP contribution in [-0.2, 0) is 19.4 Å². The van der Waals surface area contributed by atoms with Gasteiger partial charge in [-0.1, -0.05) is 13.0 Å². The number of aryl methyl sites for hydroxylation is 2. The second kappa shape index (κ2) is 3.53. The molecule has 0 amide bonds. The van der Waals surface area contributed by atoms with E-state index < -0.39 is 0 Å². The summed E-state index contributed by atoms with van der Waals surface area (Å²) in [6.07, 6.45) is 3.81. The van der Waals surface area contributed by atoms with Crippen molar-refractivity contribution in [3.63, 3.8) is 0 Å². The molecule has 80 valence electrons. The number of rotatable bonds is 1. The lowest BCUT2D eigenvalue weighted by molar-refractivity contribution is 0.101. The Balaban J connectivity index is 1.97. The highest BCUT2D eigenvalue weighted by Gasteiger charge is 2.20. The van der Waals surface area contributed by atoms with E-state index in [9.17, 15) is 0 Å². The fourth-order valence-corrected chi connectivity index (χ4v) is 2.56. The lowest BCUT2D eigenvalue weighted by Crippen LogP contribution is -2.31. The van der Waals surface area contributed by atoms with Gasteiger partial charge in [-0.3, -0.25) is 4.90 Å². The van der Waals surface area contributed by atoms with E-state index in [1.54, 1.807) is 5.56 Å². The maximum absolute atomic E-state index is 5.78. The summed E-state index contributed by atoms with van der Waals surface area (Å²) in [5, 5.41) is 0. The van der Waals surface area contributed by atoms with Crippen LogP contribution >= 0.6 is 0 Å². The Hall–Kier alpha value is -1.02. The second-order valence-corrected chi connectivity index (χ2v) is 4.50. The van der Waals surface area contributed by atoms with Gasteiger partial charge in [-0.05, 0) is 43.0 Å². The van der Waals surface area contributed by atoms with Gasteiger partial charge >= 0.3 is 0 Å². The van der Waals surface area contributed by atoms with Gasteiger partial charge in [0.1, 0.15) is 12.5 Å². The minimum atomic E-state index is 0.752. The molecule has 0 spiro atoms. The minimum Gasteiger partial charge on any atom is -0.478 e. The van der Waals surface area contributed by atoms with Gasteiger partial charge in [0, 0.05) is 12.1 Å². The van der Waals surface area contributed by atoms with Crippen LogP contribution in [0.3, 0.4) is 0 Å². The largest absolute Gasteiger partial charge is 0.478 e. The highest BCUT2D eigenvalue weighted by Crippen LogP contribution is 2.32. The molecule has 0 N–H and O–H groups in total. The summed E-state index contributed by atoms with van der Waals surface area (Å²) in [5.74, 6) is 1.13. The summed E-state index contributed by atoms with van der Waals surface area (Å²) in [6, 6.07) is 4.63. The molecule has 0 fully saturated rings. The summed E-state index contributed by atoms with van der Waals surface area (Å²) >= 11 is 0. The molecule has 0 radical (unpaired) electrons. The van der Waals surface area contributed by atoms with Crippen LogP contribution in [0, 0.1) is 0 Å². The highest BCUT2D eigenvalue weighted by molar-refractivity contribution is 5.45. The number of hydrogen-bond acceptors (Lipinski definition) is 2. The lowest BCUT2D eigenvalue weighted by atomic mass is 10.0. The minimum absolute atomic E-state index is 0.752. The van der Waals surface area contributed by atoms with Crippen molar-refractivity contribution >= 4 is 0 Å². The van der Waals surface area contributed by atoms with Crippen molar-refractivity contribution in [2.45, 2.75) is 32.7 Å². The first kappa shape index (κ1) is 9.22. The van der Waals surface area contributed by atoms with Gasteiger partial charge in [0.2, 0.25) is 0 Å². The smallest absolute Gasteiger partial charge is 0.142 e. The maximum Gasteiger partial charge on any atom is 0.142 e. The molecule has 3 rings (SSSR count). The molecule has 0 atom stereocenters. The van der Waals surface area contributed by atoms with Crippen molar-refractivity contribution in [1.82, 2.24) is 4.90 Å². The molecule has 15 heavy (non-hydrogen) atoms. The Morgan fingerprint density at radius 3 is 2.80 bits per heavy atom. The fraction of sp³-hybridized carbons (Fsp3) is 0.538. The molecule has 2 nitrogen and oxygen atoms in total. The van der Waals surface area contributed by atoms with Crippen molar-refractivity contribution in [2.75, 3.05) is 13.3 Å². The normalized spacial score (nSPS) is 19.5. The fourth-order valence-electron chi connectivity index (χ4n) is 2.56. The molecule has 2 aliphatic rings. The number of hydrogen-bond donors (Lipinski definition) is 0. The molecule has 0 aromatic heterocycles. The summed E-state index contributed by atoms with van der Waals surface area (Å²) in [5.41, 5.74) is 4.44. The topological polar surface area (TPSA) is 12.5 Å². The van der Waals surface area contributed by atoms with Crippen molar-refractivity contribution in [1.29, 1.82) is 0 Å². The van der Waals surface area contributed by atoms with Crippen LogP contribution in [0.25, 0.3) is 0 Å². The number of ether oxygens (including phenoxy) is 1. The molecule has 2 heteroatoms. The van der Waals surface area contributed by atoms with Crippen LogP contribution in [0.2, 0.25) is 0 Å². The molecule has 1 aromatic rings. The van der Waals surface area contributed by atoms with E-state index in [-0.39, 0.29) is 0 Å². The van der Waals surface area contributed by atoms with E-state index in [2.05, 4.69) is 24.0 Å². The van der Waals surface area contributed by atoms with Gasteiger partial charge in [-0.15, -0.1) is 0 Å². The van der Waals surface area contributed by atoms with Gasteiger partial charge < -0.3 is 4.74 Å². The van der Waals surface area contributed by atoms with Crippen LogP contribution < -0.4 is 4.74 Å². The zero-order chi connectivity index (χ0) is 10.3. The second-order valence-electron chi connectivity index (χ2n) is 4.50. The predicted octanol–water partition coefficient (Wildman–Crippen LogP) is 2.35. The molecular formula is C13H17NO. The van der Waals surface area contributed by atoms with Crippen LogP contribution in [0.15, 0.2) is 12.1 Å². The van der Waals surface area contributed by atoms with Crippen LogP contribution in [-0.4, -0.2) is 18.2 Å². The van der Waals surface area contributed by atoms with E-state index in [0.717, 1.165) is 25.6 Å². The first-order valence-electron chi connectivity index (χ1n) is 5.86. The molecule has 1 heterocycles. The zero-order valence-electron chi connectivity index (χ0n) is 9.25. The number of nitrogens with zero attached hydrogens (tertiary/aromatic N) is 1. The third-order valence-corrected chi connectivity index (χ3v) is 3.52. The van der Waals surface area contributed by atoms with E-state index in [4.69, 9.17) is 4.74 Å². The summed E-state index contributed by atoms with van der Waals surface area (Å²) in [4.78, 5) is 2.32. The van der Waals surface area contributed by atoms with Gasteiger partial charge in [0.15, 0.2) is 0 Å². The molecule has 1 aliphatic carbocycles. The average Bonchev–Trinajstić information content (AvgIpc) is 2.72. The first-order chi connectivity index (χ1) is 7.36. The Kier molecular flexibility index (Phi) is 2.17. The zero-order valence-corrected chi connectivity index (χ0v) is 9.25. The number of fused-ring (bicyclic) bond motifs is 2. The van der Waals surface area contributed by atoms with E-state index >= 15 is 0 Å². The van der Waals surface area contributed by atoms with Crippen LogP contribution in [0.5, 0.6) is 5.75 Å². The Morgan fingerprint density at radius 2 is 2.00 bits per heavy atom. The van der Waals surface area contributed by atoms with E-state index in [0.29, 0.717) is 0 Å². The van der Waals surface area contributed by atoms with Crippen molar-refractivity contribution in [3.8, 4) is 5.75 Å². The van der Waals surface area contributed by atoms with Crippen LogP contribution in [0.4, 0.5) is 0 Å². The lowest BCUT2D eigenvalue weighted by Gasteiger charge is -2.28. The van der Waals surface area contributed by atoms with Crippen molar-refractivity contribution in [2.24, 2.45) is 0 Å². The van der Waals surface area contributed by atoms with Crippen LogP contribution in [0.1, 0.15) is 30.0 Å². The molecular weight excluding hydrogens is 186 g/mol. The standard InChI is InChI=1S/C13H17NO/c1-2-14-8-12-6-10-4-3-5-11(10)7-13(12)15-9-14/h6-7H,2-5,8-9H2,1H3. The maximum atomic E-state index is 5.78. The van der Waals surface area contributed by atoms with Crippen molar-refractivity contribution in [3.05, 3.63) is 28.8 Å². The summed E-state index contributed by atoms with van der Waals surface area (Å²) in [7, 11) is 0. The predicted molar refractivity (Wildman–Crippen MR) is 60.0 cm³/mol. The molecule has 0 saturated carbocycles. The molecule has 1 aromatic carbocycles. The van der Waals surface area contributed by atoms with Gasteiger partial charge in [0.05, 0.1) is 0 Å². The highest BCUT2D eigenvalue weighted by atomic mass is 16.5. The van der Waals surface area contributed by atoms with Gasteiger partial charge in [-0.2, -0.15) is 0 Å². The van der Waals surface area contributed by atoms with Gasteiger partial charge in [0.25, 0.3) is 0 Å². The molecule has 0 unspecified atom stereocenters. The number of benzene rings is 1. The summed E-state index contributed by atoms with van der Waals surface area (Å²) < 4.78 is 5.78. The van der Waals surface area contributed by atoms with E-state index in [1.165, 1.54) is 30.4 Å². The SMILES string of the molecule is CCN1COc2cc3c(cc2C1)CCC3. The monoisotopic (exact) mass is 203 g/mol. The molecule has 0 saturated heterocycles. The van der Waals surface area contributed by atoms with Gasteiger partial charge in [-0.25, -0.2) is 0 Å². The molecule has 0 bridgehead atoms. The van der Waals surface area contributed by atoms with E-state index in [1.807, 2.05) is 0 Å². The average molecular weight is 203 g/mol. The Morgan fingerprint density at radius 1 is 1.20 bits per heavy atom. The Labute approximate surface area is 90.8 Å². The third kappa shape index (κ3) is 1.53. The third-order valence-electron chi connectivity index (χ3n) is 3.52. The Bertz CT molecular complexity index is 386. The first-order valence-corrected chi connectivity index (χ1v) is 5.86. The van der Waals surface area contributed by atoms with Crippen molar-refractivity contribution < 1.29 is 4.74 Å². The summed E-state index contributed by atoms with van der Waals surface area (Å²) in [6.45, 7) is 5.06. The quantitative estimate of drug-likeness (QED) is 0.694. The molecule has 1 aliphatic heterocycles.